The zero-order valence-corrected chi connectivity index (χ0v) is 31.5. The largest absolute Gasteiger partial charge is 0.463 e. The molecule has 55 heavy (non-hydrogen) atoms. The number of carbonyl (C=O) groups excluding carboxylic acids is 2. The Kier molecular flexibility index (Phi) is 9.76. The summed E-state index contributed by atoms with van der Waals surface area (Å²) in [5.74, 6) is -2.81. The van der Waals surface area contributed by atoms with E-state index in [9.17, 15) is 26.7 Å². The van der Waals surface area contributed by atoms with Crippen LogP contribution in [0.25, 0.3) is 16.8 Å². The number of hydrogen-bond acceptors (Lipinski definition) is 8. The molecule has 7 rings (SSSR count). The summed E-state index contributed by atoms with van der Waals surface area (Å²) >= 11 is 13.5. The van der Waals surface area contributed by atoms with E-state index in [4.69, 9.17) is 38.7 Å². The number of benzene rings is 2. The first kappa shape index (κ1) is 38.7. The van der Waals surface area contributed by atoms with Crippen LogP contribution in [0.1, 0.15) is 94.8 Å². The van der Waals surface area contributed by atoms with Crippen LogP contribution in [0.2, 0.25) is 10.0 Å². The van der Waals surface area contributed by atoms with Crippen molar-refractivity contribution in [2.24, 2.45) is 21.6 Å². The predicted molar refractivity (Wildman–Crippen MR) is 193 cm³/mol. The molecule has 3 aliphatic rings. The van der Waals surface area contributed by atoms with Gasteiger partial charge in [0, 0.05) is 22.3 Å². The molecule has 0 saturated heterocycles. The van der Waals surface area contributed by atoms with Gasteiger partial charge in [-0.15, -0.1) is 0 Å². The average molecular weight is 808 g/mol. The quantitative estimate of drug-likeness (QED) is 0.112. The number of carbonyl (C=O) groups is 2. The lowest BCUT2D eigenvalue weighted by atomic mass is 9.75. The predicted octanol–water partition coefficient (Wildman–Crippen LogP) is 8.52. The summed E-state index contributed by atoms with van der Waals surface area (Å²) in [6.45, 7) is 5.05. The number of nitrogens with two attached hydrogens (primary N) is 1. The van der Waals surface area contributed by atoms with Crippen LogP contribution in [0, 0.1) is 10.8 Å². The zero-order chi connectivity index (χ0) is 39.7. The van der Waals surface area contributed by atoms with Gasteiger partial charge in [-0.25, -0.2) is 23.4 Å². The molecule has 2 aromatic carbocycles. The topological polar surface area (TPSA) is 134 Å². The summed E-state index contributed by atoms with van der Waals surface area (Å²) in [7, 11) is 0. The maximum Gasteiger partial charge on any atom is 0.395 e. The van der Waals surface area contributed by atoms with Crippen molar-refractivity contribution in [1.82, 2.24) is 29.4 Å². The van der Waals surface area contributed by atoms with Crippen molar-refractivity contribution in [3.05, 3.63) is 82.1 Å². The van der Waals surface area contributed by atoms with Gasteiger partial charge >= 0.3 is 12.1 Å². The molecule has 0 spiro atoms. The third-order valence-corrected chi connectivity index (χ3v) is 10.8. The molecule has 18 heteroatoms. The van der Waals surface area contributed by atoms with Gasteiger partial charge in [0.25, 0.3) is 12.3 Å². The van der Waals surface area contributed by atoms with E-state index in [-0.39, 0.29) is 46.5 Å². The van der Waals surface area contributed by atoms with E-state index >= 15 is 4.79 Å². The fourth-order valence-corrected chi connectivity index (χ4v) is 7.66. The number of amides is 1. The Morgan fingerprint density at radius 3 is 2.38 bits per heavy atom. The molecule has 3 heterocycles. The second-order valence-electron chi connectivity index (χ2n) is 15.6. The van der Waals surface area contributed by atoms with Crippen LogP contribution in [0.15, 0.2) is 60.1 Å². The first-order valence-corrected chi connectivity index (χ1v) is 18.3. The maximum atomic E-state index is 15.1. The van der Waals surface area contributed by atoms with Crippen molar-refractivity contribution in [2.75, 3.05) is 6.61 Å². The van der Waals surface area contributed by atoms with E-state index in [2.05, 4.69) is 15.2 Å². The molecule has 292 valence electrons. The molecule has 1 aliphatic heterocycles. The van der Waals surface area contributed by atoms with Crippen LogP contribution in [0.4, 0.5) is 22.0 Å². The Bertz CT molecular complexity index is 2170. The Morgan fingerprint density at radius 1 is 1.04 bits per heavy atom. The minimum atomic E-state index is -4.61. The summed E-state index contributed by atoms with van der Waals surface area (Å²) in [6, 6.07) is 8.43. The molecule has 11 nitrogen and oxygen atoms in total. The van der Waals surface area contributed by atoms with Gasteiger partial charge in [-0.05, 0) is 66.8 Å². The smallest absolute Gasteiger partial charge is 0.395 e. The molecule has 2 N–H and O–H groups in total. The van der Waals surface area contributed by atoms with Crippen LogP contribution in [0.5, 0.6) is 0 Å². The molecular formula is C37H37Cl2F5N8O3. The van der Waals surface area contributed by atoms with Gasteiger partial charge in [0.05, 0.1) is 40.8 Å². The number of rotatable bonds is 12. The minimum Gasteiger partial charge on any atom is -0.463 e. The second-order valence-corrected chi connectivity index (χ2v) is 16.4. The van der Waals surface area contributed by atoms with Crippen molar-refractivity contribution < 1.29 is 36.3 Å². The fraction of sp³-hybridized carbons (Fsp3) is 0.459. The number of guanidine groups is 1. The molecule has 0 unspecified atom stereocenters. The fourth-order valence-electron chi connectivity index (χ4n) is 7.13. The number of aliphatic imine (C=N–C) groups is 1. The summed E-state index contributed by atoms with van der Waals surface area (Å²) in [5, 5.41) is 8.56. The highest BCUT2D eigenvalue weighted by atomic mass is 35.5. The monoisotopic (exact) mass is 806 g/mol. The number of hydrogen-bond donors (Lipinski definition) is 1. The summed E-state index contributed by atoms with van der Waals surface area (Å²) in [4.78, 5) is 37.6. The average Bonchev–Trinajstić information content (AvgIpc) is 3.97. The molecule has 2 aliphatic carbocycles. The highest BCUT2D eigenvalue weighted by Crippen LogP contribution is 2.60. The van der Waals surface area contributed by atoms with Crippen LogP contribution in [-0.2, 0) is 19.9 Å². The lowest BCUT2D eigenvalue weighted by molar-refractivity contribution is -0.195. The first-order chi connectivity index (χ1) is 25.8. The Hall–Kier alpha value is -4.57. The number of nitrogens with zero attached hydrogens (tertiary/aromatic N) is 7. The van der Waals surface area contributed by atoms with Crippen molar-refractivity contribution in [3.63, 3.8) is 0 Å². The molecule has 2 atom stereocenters. The highest BCUT2D eigenvalue weighted by molar-refractivity contribution is 6.32. The molecule has 2 fully saturated rings. The number of alkyl halides is 5. The lowest BCUT2D eigenvalue weighted by Gasteiger charge is -2.35. The van der Waals surface area contributed by atoms with Crippen LogP contribution in [-0.4, -0.2) is 60.1 Å². The molecule has 2 aromatic heterocycles. The second kappa shape index (κ2) is 13.9. The van der Waals surface area contributed by atoms with Gasteiger partial charge < -0.3 is 10.5 Å². The van der Waals surface area contributed by atoms with E-state index in [1.165, 1.54) is 18.2 Å². The Labute approximate surface area is 322 Å². The van der Waals surface area contributed by atoms with Gasteiger partial charge in [0.15, 0.2) is 17.3 Å². The van der Waals surface area contributed by atoms with E-state index in [1.807, 2.05) is 31.6 Å². The summed E-state index contributed by atoms with van der Waals surface area (Å²) < 4.78 is 77.3. The van der Waals surface area contributed by atoms with E-state index < -0.39 is 65.7 Å². The van der Waals surface area contributed by atoms with Crippen molar-refractivity contribution in [2.45, 2.75) is 89.5 Å². The van der Waals surface area contributed by atoms with Gasteiger partial charge in [-0.1, -0.05) is 62.2 Å². The van der Waals surface area contributed by atoms with Gasteiger partial charge in [-0.3, -0.25) is 19.2 Å². The van der Waals surface area contributed by atoms with Crippen LogP contribution < -0.4 is 5.73 Å². The third kappa shape index (κ3) is 7.42. The van der Waals surface area contributed by atoms with E-state index in [0.29, 0.717) is 11.6 Å². The summed E-state index contributed by atoms with van der Waals surface area (Å²) in [5.41, 5.74) is 4.23. The Balaban J connectivity index is 1.28. The van der Waals surface area contributed by atoms with Gasteiger partial charge in [0.2, 0.25) is 0 Å². The zero-order valence-electron chi connectivity index (χ0n) is 30.0. The molecule has 4 aromatic rings. The van der Waals surface area contributed by atoms with Crippen molar-refractivity contribution in [1.29, 1.82) is 0 Å². The summed E-state index contributed by atoms with van der Waals surface area (Å²) in [6.07, 6.45) is -2.20. The lowest BCUT2D eigenvalue weighted by Crippen LogP contribution is -2.47. The van der Waals surface area contributed by atoms with E-state index in [0.717, 1.165) is 39.9 Å². The molecule has 0 radical (unpaired) electrons. The van der Waals surface area contributed by atoms with Gasteiger partial charge in [0.1, 0.15) is 12.9 Å². The third-order valence-electron chi connectivity index (χ3n) is 10.2. The van der Waals surface area contributed by atoms with Crippen molar-refractivity contribution in [3.8, 4) is 16.8 Å². The highest BCUT2D eigenvalue weighted by Gasteiger charge is 2.64. The first-order valence-electron chi connectivity index (χ1n) is 17.6. The van der Waals surface area contributed by atoms with Crippen LogP contribution in [0.3, 0.4) is 0 Å². The van der Waals surface area contributed by atoms with Crippen LogP contribution >= 0.6 is 23.2 Å². The van der Waals surface area contributed by atoms with Crippen molar-refractivity contribution >= 4 is 41.0 Å². The SMILES string of the molecule is CC(C)(C)C[C@]1(c2ccc(-c3cnn(C4CC4)c3)cc2Cl)N=C(N)N([C@H](COC(=O)CC2(C(F)(F)F)CC2)c2ccc(Cl)c(-n3ncnc3C(F)F)c2)C1=O. The maximum absolute atomic E-state index is 15.1. The number of ether oxygens (including phenoxy) is 1. The Morgan fingerprint density at radius 2 is 1.76 bits per heavy atom. The van der Waals surface area contributed by atoms with Gasteiger partial charge in [-0.2, -0.15) is 23.4 Å². The molecule has 1 amide bonds. The molecule has 0 bridgehead atoms. The number of aromatic nitrogens is 5. The normalized spacial score (nSPS) is 20.2. The molecule has 2 saturated carbocycles. The standard InChI is InChI=1S/C37H37Cl2F5N8O3/c1-34(2,3)18-36(24-8-4-20(12-26(24)39)22-15-47-50(16-22)23-6-7-23)32(54)51(33(45)49-36)28(17-55-29(53)14-35(10-11-35)37(42,43)44)21-5-9-25(38)27(13-21)52-31(30(40)41)46-19-48-52/h4-5,8-9,12-13,15-16,19,23,28,30H,6-7,10-11,14,17-18H2,1-3H3,(H2,45,49)/t28-,36-/m1/s1. The number of esters is 1. The minimum absolute atomic E-state index is 0.0150. The molecular weight excluding hydrogens is 770 g/mol. The number of halogens is 7. The van der Waals surface area contributed by atoms with E-state index in [1.54, 1.807) is 24.4 Å².